The number of carbonyl (C=O) groups excluding carboxylic acids is 12. The molecule has 5 saturated heterocycles. The van der Waals surface area contributed by atoms with Crippen LogP contribution in [0, 0.1) is 83.0 Å². The molecule has 3 aromatic heterocycles. The highest BCUT2D eigenvalue weighted by atomic mass is 35.5. The molecule has 0 aliphatic carbocycles. The number of nitrogens with zero attached hydrogens (tertiary/aromatic N) is 15. The third-order valence-electron chi connectivity index (χ3n) is 24.8. The van der Waals surface area contributed by atoms with Crippen LogP contribution >= 0.6 is 11.6 Å². The van der Waals surface area contributed by atoms with E-state index in [4.69, 9.17) is 11.6 Å². The van der Waals surface area contributed by atoms with Crippen LogP contribution in [0.15, 0.2) is 140 Å². The van der Waals surface area contributed by atoms with Crippen LogP contribution in [0.3, 0.4) is 0 Å². The number of anilines is 6. The number of piperazine rings is 5. The van der Waals surface area contributed by atoms with Crippen molar-refractivity contribution >= 4 is 117 Å². The molecule has 0 saturated carbocycles. The average Bonchev–Trinajstić information content (AvgIpc) is 0.783. The Labute approximate surface area is 887 Å². The highest BCUT2D eigenvalue weighted by molar-refractivity contribution is 6.33. The van der Waals surface area contributed by atoms with Gasteiger partial charge < -0.3 is 71.9 Å². The van der Waals surface area contributed by atoms with Crippen LogP contribution in [0.25, 0.3) is 0 Å². The van der Waals surface area contributed by atoms with Gasteiger partial charge in [0, 0.05) is 266 Å². The summed E-state index contributed by atoms with van der Waals surface area (Å²) in [6.07, 6.45) is 6.15. The van der Waals surface area contributed by atoms with Gasteiger partial charge in [-0.2, -0.15) is 0 Å². The van der Waals surface area contributed by atoms with Gasteiger partial charge in [-0.15, -0.1) is 0 Å². The summed E-state index contributed by atoms with van der Waals surface area (Å²) < 4.78 is 26.1. The molecule has 4 aromatic carbocycles. The minimum Gasteiger partial charge on any atom is -0.367 e. The Morgan fingerprint density at radius 2 is 0.738 bits per heavy atom. The number of carbonyl (C=O) groups is 12. The van der Waals surface area contributed by atoms with Gasteiger partial charge in [-0.3, -0.25) is 82.0 Å². The zero-order valence-electron chi connectivity index (χ0n) is 92.0. The smallest absolute Gasteiger partial charge is 0.272 e. The summed E-state index contributed by atoms with van der Waals surface area (Å²) in [5.41, 5.74) is 10.4. The van der Waals surface area contributed by atoms with Crippen LogP contribution in [0.5, 0.6) is 0 Å². The molecule has 12 rings (SSSR count). The van der Waals surface area contributed by atoms with Crippen LogP contribution in [-0.4, -0.2) is 336 Å². The summed E-state index contributed by atoms with van der Waals surface area (Å²) in [6.45, 7) is 61.1. The molecule has 5 aliphatic rings. The molecule has 0 atom stereocenters. The number of rotatable bonds is 33. The standard InChI is InChI=1S/C19H29N3O2.2C18H27N3O2.C17H25N3O2.C16H24N4O2.C13H18ClF2N3O.C10H16N4O/c1-5-22(17-8-6-16(4)7-9-17)18(23)14-20-10-12-21(13-11-20)19(24)15(2)3;1-13(2)18(23)21-9-7-20(8-10-21)12-17(22)19-16-6-5-14(3)11-15(16)4;1-14(2)18(23)21-10-8-20(9-11-21)13-17(22)19-12-16-6-4-15(3)5-7-16;1-13(2)17(22)20-10-8-19(9-11-20)12-16(21)18-15-6-4-14(3)5-7-15;1-12(2)16(22)20-8-6-19(7-9-20)11-15(21)18-14-5-4-13(3)10-17-14;1-8(2)12(20)18-5-4-17-11-10(14)6-9(7-19-11)13(3,15)16;1-8(2)9(15)11-6-7-14-10-12-4-3-5-13-10/h6-9,15H,5,10-14H2,1-4H3;5-6,11,13H,7-10,12H2,1-4H3,(H,19,22);4-7,14H,8-13H2,1-3H3,(H,19,22);4-7,13H,8-12H2,1-3H3,(H,18,21);4-5,10,12H,6-9,11H2,1-3H3,(H,17,18,21);6-8H,4-5H2,1-3H3,(H,17,19)(H,18,20);3-5,8H,6-7H2,1-2H3,(H,11,15)(H,12,13,14). The lowest BCUT2D eigenvalue weighted by molar-refractivity contribution is -0.137. The highest BCUT2D eigenvalue weighted by Crippen LogP contribution is 2.31. The Bertz CT molecular complexity index is 5210. The van der Waals surface area contributed by atoms with Gasteiger partial charge in [0.05, 0.1) is 37.7 Å². The third-order valence-corrected chi connectivity index (χ3v) is 25.1. The zero-order valence-corrected chi connectivity index (χ0v) is 92.7. The first-order valence-corrected chi connectivity index (χ1v) is 52.5. The molecule has 5 aliphatic heterocycles. The minimum absolute atomic E-state index is 0.000546. The second kappa shape index (κ2) is 64.8. The maximum Gasteiger partial charge on any atom is 0.272 e. The fourth-order valence-corrected chi connectivity index (χ4v) is 16.0. The molecule has 7 aromatic rings. The first-order valence-electron chi connectivity index (χ1n) is 52.1. The molecule has 0 unspecified atom stereocenters. The van der Waals surface area contributed by atoms with E-state index < -0.39 is 5.92 Å². The number of nitrogens with one attached hydrogen (secondary N) is 8. The van der Waals surface area contributed by atoms with Gasteiger partial charge in [0.15, 0.2) is 0 Å². The molecular weight excluding hydrogens is 1920 g/mol. The summed E-state index contributed by atoms with van der Waals surface area (Å²) in [7, 11) is 0. The lowest BCUT2D eigenvalue weighted by atomic mass is 10.1. The van der Waals surface area contributed by atoms with Crippen molar-refractivity contribution in [3.63, 3.8) is 0 Å². The van der Waals surface area contributed by atoms with E-state index in [9.17, 15) is 66.3 Å². The van der Waals surface area contributed by atoms with Crippen molar-refractivity contribution in [3.8, 4) is 0 Å². The van der Waals surface area contributed by atoms with Crippen LogP contribution in [0.1, 0.15) is 155 Å². The monoisotopic (exact) mass is 2090 g/mol. The van der Waals surface area contributed by atoms with Crippen LogP contribution in [-0.2, 0) is 70.0 Å². The van der Waals surface area contributed by atoms with Crippen molar-refractivity contribution in [1.82, 2.24) is 84.9 Å². The Morgan fingerprint density at radius 1 is 0.376 bits per heavy atom. The fraction of sp³-hybridized carbons (Fsp3) is 0.550. The maximum atomic E-state index is 13.1. The molecule has 0 spiro atoms. The predicted octanol–water partition coefficient (Wildman–Crippen LogP) is 12.2. The van der Waals surface area contributed by atoms with Gasteiger partial charge in [-0.1, -0.05) is 198 Å². The third kappa shape index (κ3) is 47.0. The molecular formula is C111H166ClF2N23O12. The van der Waals surface area contributed by atoms with E-state index in [2.05, 4.69) is 93.0 Å². The van der Waals surface area contributed by atoms with E-state index in [1.165, 1.54) is 28.3 Å². The number of hydrogen-bond acceptors (Lipinski definition) is 23. The molecule has 149 heavy (non-hydrogen) atoms. The topological polar surface area (TPSA) is 388 Å². The van der Waals surface area contributed by atoms with Crippen LogP contribution in [0.2, 0.25) is 5.02 Å². The van der Waals surface area contributed by atoms with Crippen molar-refractivity contribution in [2.24, 2.45) is 41.4 Å². The van der Waals surface area contributed by atoms with E-state index in [-0.39, 0.29) is 123 Å². The molecule has 0 radical (unpaired) electrons. The first-order chi connectivity index (χ1) is 70.6. The van der Waals surface area contributed by atoms with E-state index >= 15 is 0 Å². The Morgan fingerprint density at radius 3 is 1.11 bits per heavy atom. The second-order valence-corrected chi connectivity index (χ2v) is 40.7. The zero-order chi connectivity index (χ0) is 110. The molecule has 8 heterocycles. The fourth-order valence-electron chi connectivity index (χ4n) is 15.8. The van der Waals surface area contributed by atoms with Crippen LogP contribution in [0.4, 0.5) is 43.4 Å². The number of aryl methyl sites for hydroxylation is 6. The van der Waals surface area contributed by atoms with Gasteiger partial charge in [-0.05, 0) is 114 Å². The quantitative estimate of drug-likeness (QED) is 0.0177. The number of likely N-dealkylation sites (N-methyl/N-ethyl adjacent to an activating group) is 1. The summed E-state index contributed by atoms with van der Waals surface area (Å²) in [6, 6.07) is 36.6. The second-order valence-electron chi connectivity index (χ2n) is 40.3. The van der Waals surface area contributed by atoms with E-state index in [1.54, 1.807) is 44.6 Å². The number of amides is 12. The molecule has 12 amide bonds. The van der Waals surface area contributed by atoms with Crippen molar-refractivity contribution < 1.29 is 66.3 Å². The van der Waals surface area contributed by atoms with E-state index in [0.29, 0.717) is 155 Å². The Hall–Kier alpha value is -12.6. The van der Waals surface area contributed by atoms with Gasteiger partial charge in [-0.25, -0.2) is 28.7 Å². The predicted molar refractivity (Wildman–Crippen MR) is 587 cm³/mol. The van der Waals surface area contributed by atoms with Crippen molar-refractivity contribution in [2.75, 3.05) is 228 Å². The van der Waals surface area contributed by atoms with Gasteiger partial charge in [0.2, 0.25) is 76.8 Å². The summed E-state index contributed by atoms with van der Waals surface area (Å²) in [5.74, 6) is -0.293. The molecule has 0 bridgehead atoms. The lowest BCUT2D eigenvalue weighted by Gasteiger charge is -2.36. The van der Waals surface area contributed by atoms with Gasteiger partial charge in [0.1, 0.15) is 11.6 Å². The Kier molecular flexibility index (Phi) is 54.4. The minimum atomic E-state index is -2.97. The summed E-state index contributed by atoms with van der Waals surface area (Å²) >= 11 is 5.88. The van der Waals surface area contributed by atoms with E-state index in [1.807, 2.05) is 252 Å². The van der Waals surface area contributed by atoms with E-state index in [0.717, 1.165) is 112 Å². The summed E-state index contributed by atoms with van der Waals surface area (Å²) in [4.78, 5) is 181. The number of pyridine rings is 2. The van der Waals surface area contributed by atoms with Crippen molar-refractivity contribution in [2.45, 2.75) is 165 Å². The SMILES string of the molecule is CC(C)C(=O)NCCNc1ncc(C(C)(F)F)cc1Cl.CC(C)C(=O)NCCNc1ncccn1.CCN(C(=O)CN1CCN(C(=O)C(C)C)CC1)c1ccc(C)cc1.Cc1ccc(CNC(=O)CN2CCN(C(=O)C(C)C)CC2)cc1.Cc1ccc(NC(=O)CN2CCN(C(=O)C(C)C)CC2)c(C)c1.Cc1ccc(NC(=O)CN2CCN(C(=O)C(C)C)CC2)cc1.Cc1ccc(NC(=O)CN2CCN(C(=O)C(C)C)CC2)nc1. The lowest BCUT2D eigenvalue weighted by Crippen LogP contribution is -2.52. The van der Waals surface area contributed by atoms with Crippen molar-refractivity contribution in [1.29, 1.82) is 0 Å². The van der Waals surface area contributed by atoms with Crippen LogP contribution < -0.4 is 47.4 Å². The number of hydrogen-bond donors (Lipinski definition) is 8. The molecule has 38 heteroatoms. The molecule has 5 fully saturated rings. The first kappa shape index (κ1) is 125. The highest BCUT2D eigenvalue weighted by Gasteiger charge is 2.32. The summed E-state index contributed by atoms with van der Waals surface area (Å²) in [5, 5.41) is 23.2. The molecule has 8 N–H and O–H groups in total. The van der Waals surface area contributed by atoms with Crippen molar-refractivity contribution in [3.05, 3.63) is 190 Å². The Balaban J connectivity index is 0.000000266. The number of alkyl halides is 2. The number of aromatic nitrogens is 4. The normalized spacial score (nSPS) is 14.6. The maximum absolute atomic E-state index is 13.1. The number of benzene rings is 4. The van der Waals surface area contributed by atoms with Gasteiger partial charge in [0.25, 0.3) is 5.92 Å². The largest absolute Gasteiger partial charge is 0.367 e. The van der Waals surface area contributed by atoms with Gasteiger partial charge >= 0.3 is 0 Å². The average molecular weight is 2090 g/mol. The molecule has 35 nitrogen and oxygen atoms in total. The number of halogens is 3. The molecule has 818 valence electrons.